The number of likely N-dealkylation sites (tertiary alicyclic amines) is 1. The second kappa shape index (κ2) is 11.1. The lowest BCUT2D eigenvalue weighted by molar-refractivity contribution is 0.0700. The van der Waals surface area contributed by atoms with Gasteiger partial charge in [-0.05, 0) is 86.4 Å². The Bertz CT molecular complexity index is 2080. The van der Waals surface area contributed by atoms with E-state index >= 15 is 0 Å². The van der Waals surface area contributed by atoms with Gasteiger partial charge < -0.3 is 29.2 Å². The number of nitrogens with two attached hydrogens (primary N) is 1. The number of nitrogens with one attached hydrogen (secondary N) is 1. The molecule has 8 rings (SSSR count). The number of piperidine rings is 1. The fourth-order valence-electron chi connectivity index (χ4n) is 7.68. The summed E-state index contributed by atoms with van der Waals surface area (Å²) in [6, 6.07) is 15.9. The molecule has 11 nitrogen and oxygen atoms in total. The Morgan fingerprint density at radius 3 is 2.57 bits per heavy atom. The van der Waals surface area contributed by atoms with E-state index in [1.807, 2.05) is 55.3 Å². The zero-order valence-corrected chi connectivity index (χ0v) is 27.1. The van der Waals surface area contributed by atoms with Gasteiger partial charge >= 0.3 is 6.09 Å². The standard InChI is InChI=1S/C36H39N7O4/c1-19-24(6-5-7-25(19)40-36(45)47-4)26-12-10-21-15-29(42(33(21)38-26)17-20-8-9-20)34-39-27-14-23(16-30(46-3)32(27)41(34)2)35(44)43-18-22-11-13-28(43)31(22)37/h5-7,10,12,14-16,20,22,28,31H,8-9,11,13,17-18,37H2,1-4H3,(H,40,45)/t22?,28?,31-/m1/s1. The van der Waals surface area contributed by atoms with Gasteiger partial charge in [0.15, 0.2) is 5.82 Å². The van der Waals surface area contributed by atoms with E-state index in [4.69, 9.17) is 25.2 Å². The number of amides is 2. The number of anilines is 1. The van der Waals surface area contributed by atoms with E-state index in [0.717, 1.165) is 64.3 Å². The second-order valence-electron chi connectivity index (χ2n) is 13.3. The Balaban J connectivity index is 1.22. The number of aryl methyl sites for hydroxylation is 1. The molecule has 3 atom stereocenters. The molecule has 2 amide bonds. The first kappa shape index (κ1) is 29.5. The summed E-state index contributed by atoms with van der Waals surface area (Å²) in [7, 11) is 4.98. The molecular formula is C36H39N7O4. The van der Waals surface area contributed by atoms with Gasteiger partial charge in [0.2, 0.25) is 0 Å². The molecule has 0 spiro atoms. The van der Waals surface area contributed by atoms with Crippen molar-refractivity contribution in [1.82, 2.24) is 24.0 Å². The fraction of sp³-hybridized carbons (Fsp3) is 0.389. The van der Waals surface area contributed by atoms with Gasteiger partial charge in [0.25, 0.3) is 5.91 Å². The van der Waals surface area contributed by atoms with E-state index in [2.05, 4.69) is 26.6 Å². The molecule has 5 aromatic rings. The van der Waals surface area contributed by atoms with Crippen LogP contribution in [0.2, 0.25) is 0 Å². The van der Waals surface area contributed by atoms with Crippen molar-refractivity contribution in [3.8, 4) is 28.5 Å². The Kier molecular flexibility index (Phi) is 6.98. The molecule has 2 saturated carbocycles. The molecule has 3 N–H and O–H groups in total. The Labute approximate surface area is 272 Å². The third-order valence-corrected chi connectivity index (χ3v) is 10.5. The number of hydrogen-bond acceptors (Lipinski definition) is 7. The first-order valence-corrected chi connectivity index (χ1v) is 16.3. The predicted octanol–water partition coefficient (Wildman–Crippen LogP) is 5.72. The van der Waals surface area contributed by atoms with Crippen molar-refractivity contribution in [1.29, 1.82) is 0 Å². The first-order chi connectivity index (χ1) is 22.7. The largest absolute Gasteiger partial charge is 0.494 e. The summed E-state index contributed by atoms with van der Waals surface area (Å²) in [6.45, 7) is 3.51. The Morgan fingerprint density at radius 1 is 1.04 bits per heavy atom. The summed E-state index contributed by atoms with van der Waals surface area (Å²) in [4.78, 5) is 38.0. The van der Waals surface area contributed by atoms with E-state index < -0.39 is 6.09 Å². The molecule has 0 radical (unpaired) electrons. The number of ether oxygens (including phenoxy) is 2. The summed E-state index contributed by atoms with van der Waals surface area (Å²) in [5, 5.41) is 3.81. The van der Waals surface area contributed by atoms with Crippen LogP contribution < -0.4 is 15.8 Å². The molecule has 2 unspecified atom stereocenters. The van der Waals surface area contributed by atoms with Crippen molar-refractivity contribution in [2.45, 2.75) is 51.2 Å². The summed E-state index contributed by atoms with van der Waals surface area (Å²) in [5.41, 5.74) is 13.7. The molecule has 2 aromatic carbocycles. The van der Waals surface area contributed by atoms with Crippen molar-refractivity contribution in [3.05, 3.63) is 59.7 Å². The summed E-state index contributed by atoms with van der Waals surface area (Å²) in [5.74, 6) is 2.34. The highest BCUT2D eigenvalue weighted by atomic mass is 16.5. The number of carbonyl (C=O) groups excluding carboxylic acids is 2. The number of fused-ring (bicyclic) bond motifs is 4. The van der Waals surface area contributed by atoms with Crippen molar-refractivity contribution >= 4 is 39.8 Å². The van der Waals surface area contributed by atoms with Crippen LogP contribution in [0.25, 0.3) is 44.8 Å². The van der Waals surface area contributed by atoms with Crippen molar-refractivity contribution in [2.75, 3.05) is 26.1 Å². The molecule has 4 heterocycles. The minimum atomic E-state index is -0.514. The van der Waals surface area contributed by atoms with Gasteiger partial charge in [-0.1, -0.05) is 12.1 Å². The third kappa shape index (κ3) is 4.83. The maximum absolute atomic E-state index is 13.8. The highest BCUT2D eigenvalue weighted by Crippen LogP contribution is 2.40. The van der Waals surface area contributed by atoms with Crippen LogP contribution in [-0.4, -0.2) is 68.9 Å². The van der Waals surface area contributed by atoms with Crippen LogP contribution in [0, 0.1) is 18.8 Å². The van der Waals surface area contributed by atoms with E-state index in [0.29, 0.717) is 40.9 Å². The monoisotopic (exact) mass is 633 g/mol. The molecule has 3 aromatic heterocycles. The highest BCUT2D eigenvalue weighted by Gasteiger charge is 2.47. The number of hydrogen-bond donors (Lipinski definition) is 2. The van der Waals surface area contributed by atoms with Crippen molar-refractivity contribution < 1.29 is 19.1 Å². The topological polar surface area (TPSA) is 130 Å². The van der Waals surface area contributed by atoms with Gasteiger partial charge in [-0.15, -0.1) is 0 Å². The molecule has 1 aliphatic heterocycles. The second-order valence-corrected chi connectivity index (χ2v) is 13.3. The molecule has 11 heteroatoms. The molecular weight excluding hydrogens is 594 g/mol. The lowest BCUT2D eigenvalue weighted by Gasteiger charge is -2.27. The van der Waals surface area contributed by atoms with E-state index in [1.165, 1.54) is 20.0 Å². The van der Waals surface area contributed by atoms with E-state index in [-0.39, 0.29) is 18.0 Å². The van der Waals surface area contributed by atoms with Gasteiger partial charge in [-0.25, -0.2) is 14.8 Å². The average Bonchev–Trinajstić information content (AvgIpc) is 3.48. The van der Waals surface area contributed by atoms with Crippen LogP contribution in [0.4, 0.5) is 10.5 Å². The average molecular weight is 634 g/mol. The number of pyridine rings is 1. The zero-order chi connectivity index (χ0) is 32.6. The minimum Gasteiger partial charge on any atom is -0.494 e. The first-order valence-electron chi connectivity index (χ1n) is 16.3. The smallest absolute Gasteiger partial charge is 0.411 e. The summed E-state index contributed by atoms with van der Waals surface area (Å²) >= 11 is 0. The summed E-state index contributed by atoms with van der Waals surface area (Å²) in [6.07, 6.45) is 3.90. The number of aromatic nitrogens is 4. The van der Waals surface area contributed by atoms with Gasteiger partial charge in [-0.2, -0.15) is 0 Å². The normalized spacial score (nSPS) is 20.4. The van der Waals surface area contributed by atoms with Crippen molar-refractivity contribution in [2.24, 2.45) is 24.6 Å². The molecule has 47 heavy (non-hydrogen) atoms. The maximum Gasteiger partial charge on any atom is 0.411 e. The number of rotatable bonds is 7. The zero-order valence-electron chi connectivity index (χ0n) is 27.1. The Hall–Kier alpha value is -4.90. The van der Waals surface area contributed by atoms with Crippen LogP contribution in [0.15, 0.2) is 48.5 Å². The van der Waals surface area contributed by atoms with Gasteiger partial charge in [0, 0.05) is 54.4 Å². The molecule has 3 fully saturated rings. The molecule has 2 aliphatic carbocycles. The maximum atomic E-state index is 13.8. The van der Waals surface area contributed by atoms with Crippen LogP contribution in [-0.2, 0) is 18.3 Å². The number of methoxy groups -OCH3 is 2. The molecule has 1 saturated heterocycles. The SMILES string of the molecule is COC(=O)Nc1cccc(-c2ccc3cc(-c4nc5cc(C(=O)N6CC7CCC6[C@@H]7N)cc(OC)c5n4C)n(CC4CC4)c3n2)c1C. The van der Waals surface area contributed by atoms with Crippen LogP contribution in [0.5, 0.6) is 5.75 Å². The number of imidazole rings is 1. The molecule has 2 bridgehead atoms. The number of carbonyl (C=O) groups is 2. The molecule has 3 aliphatic rings. The van der Waals surface area contributed by atoms with E-state index in [1.54, 1.807) is 7.11 Å². The number of nitrogens with zero attached hydrogens (tertiary/aromatic N) is 5. The highest BCUT2D eigenvalue weighted by molar-refractivity contribution is 6.00. The van der Waals surface area contributed by atoms with Crippen LogP contribution in [0.1, 0.15) is 41.6 Å². The lowest BCUT2D eigenvalue weighted by atomic mass is 10.0. The third-order valence-electron chi connectivity index (χ3n) is 10.5. The van der Waals surface area contributed by atoms with Gasteiger partial charge in [0.05, 0.1) is 31.1 Å². The fourth-order valence-corrected chi connectivity index (χ4v) is 7.68. The predicted molar refractivity (Wildman–Crippen MR) is 180 cm³/mol. The lowest BCUT2D eigenvalue weighted by Crippen LogP contribution is -2.41. The Morgan fingerprint density at radius 2 is 1.87 bits per heavy atom. The molecule has 242 valence electrons. The number of benzene rings is 2. The van der Waals surface area contributed by atoms with Crippen molar-refractivity contribution in [3.63, 3.8) is 0 Å². The van der Waals surface area contributed by atoms with Crippen LogP contribution in [0.3, 0.4) is 0 Å². The van der Waals surface area contributed by atoms with Gasteiger partial charge in [-0.3, -0.25) is 10.1 Å². The van der Waals surface area contributed by atoms with Gasteiger partial charge in [0.1, 0.15) is 16.9 Å². The summed E-state index contributed by atoms with van der Waals surface area (Å²) < 4.78 is 15.0. The quantitative estimate of drug-likeness (QED) is 0.234. The van der Waals surface area contributed by atoms with Crippen LogP contribution >= 0.6 is 0 Å². The van der Waals surface area contributed by atoms with E-state index in [9.17, 15) is 9.59 Å². The minimum absolute atomic E-state index is 0.0132.